The molecule has 3 N–H and O–H groups in total. The van der Waals surface area contributed by atoms with Gasteiger partial charge in [0.2, 0.25) is 5.60 Å². The molecule has 0 amide bonds. The Morgan fingerprint density at radius 3 is 2.48 bits per heavy atom. The largest absolute Gasteiger partial charge is 0.426 e. The number of rotatable bonds is 0. The van der Waals surface area contributed by atoms with Gasteiger partial charge in [-0.25, -0.2) is 4.98 Å². The van der Waals surface area contributed by atoms with Crippen LogP contribution in [-0.4, -0.2) is 39.1 Å². The van der Waals surface area contributed by atoms with Crippen molar-refractivity contribution in [3.63, 3.8) is 0 Å². The van der Waals surface area contributed by atoms with Gasteiger partial charge in [0.25, 0.3) is 11.8 Å². The molecule has 1 unspecified atom stereocenters. The molecule has 31 heavy (non-hydrogen) atoms. The lowest BCUT2D eigenvalue weighted by Crippen LogP contribution is -2.42. The molecule has 170 valence electrons. The highest BCUT2D eigenvalue weighted by Crippen LogP contribution is 2.45. The molecular formula is C18H19F6N5O2. The lowest BCUT2D eigenvalue weighted by atomic mass is 9.94. The van der Waals surface area contributed by atoms with Crippen LogP contribution in [0.2, 0.25) is 0 Å². The molecule has 2 aromatic rings. The van der Waals surface area contributed by atoms with Crippen molar-refractivity contribution in [2.24, 2.45) is 0 Å². The average Bonchev–Trinajstić information content (AvgIpc) is 3.32. The maximum atomic E-state index is 13.7. The molecule has 2 aromatic heterocycles. The van der Waals surface area contributed by atoms with Crippen LogP contribution in [-0.2, 0) is 11.8 Å². The minimum Gasteiger partial charge on any atom is -0.416 e. The highest BCUT2D eigenvalue weighted by Gasteiger charge is 2.58. The highest BCUT2D eigenvalue weighted by atomic mass is 19.4. The lowest BCUT2D eigenvalue weighted by Gasteiger charge is -2.29. The molecular weight excluding hydrogens is 432 g/mol. The van der Waals surface area contributed by atoms with E-state index < -0.39 is 47.4 Å². The number of aromatic nitrogens is 3. The first-order valence-electron chi connectivity index (χ1n) is 9.69. The van der Waals surface area contributed by atoms with E-state index in [-0.39, 0.29) is 30.4 Å². The molecule has 0 aromatic carbocycles. The van der Waals surface area contributed by atoms with Crippen LogP contribution < -0.4 is 10.6 Å². The summed E-state index contributed by atoms with van der Waals surface area (Å²) in [7, 11) is 0. The van der Waals surface area contributed by atoms with E-state index in [2.05, 4.69) is 15.2 Å². The summed E-state index contributed by atoms with van der Waals surface area (Å²) < 4.78 is 87.1. The molecule has 0 spiro atoms. The van der Waals surface area contributed by atoms with Gasteiger partial charge in [-0.1, -0.05) is 6.42 Å². The quantitative estimate of drug-likeness (QED) is 0.584. The van der Waals surface area contributed by atoms with Crippen LogP contribution in [0.25, 0.3) is 11.6 Å². The molecule has 1 fully saturated rings. The summed E-state index contributed by atoms with van der Waals surface area (Å²) in [6.07, 6.45) is -8.82. The zero-order chi connectivity index (χ0) is 22.6. The van der Waals surface area contributed by atoms with Gasteiger partial charge in [-0.2, -0.15) is 26.3 Å². The number of hydrogen-bond donors (Lipinski definition) is 2. The van der Waals surface area contributed by atoms with Crippen LogP contribution in [0.1, 0.15) is 50.0 Å². The van der Waals surface area contributed by atoms with Crippen LogP contribution in [0, 0.1) is 0 Å². The van der Waals surface area contributed by atoms with Crippen molar-refractivity contribution in [2.75, 3.05) is 17.2 Å². The topological polar surface area (TPSA) is 101 Å². The van der Waals surface area contributed by atoms with Crippen molar-refractivity contribution in [3.8, 4) is 11.6 Å². The van der Waals surface area contributed by atoms with Crippen LogP contribution in [0.15, 0.2) is 10.5 Å². The molecule has 1 saturated heterocycles. The Morgan fingerprint density at radius 2 is 1.81 bits per heavy atom. The van der Waals surface area contributed by atoms with Gasteiger partial charge in [0.05, 0.1) is 5.69 Å². The van der Waals surface area contributed by atoms with Gasteiger partial charge in [-0.15, -0.1) is 10.2 Å². The fourth-order valence-corrected chi connectivity index (χ4v) is 4.15. The number of nitrogen functional groups attached to an aromatic ring is 1. The minimum absolute atomic E-state index is 0.0443. The third-order valence-corrected chi connectivity index (χ3v) is 5.76. The Kier molecular flexibility index (Phi) is 5.06. The third kappa shape index (κ3) is 3.68. The second kappa shape index (κ2) is 7.24. The average molecular weight is 451 g/mol. The standard InChI is InChI=1S/C18H19F6N5O2/c19-17(20,21)10-8-11(25)12-14-27-28-15(31-14)16(30,18(22,23)24)6-2-1-4-9-5-3-7-29(9)13(10)26-12/h8-9,30H,1-7,25H2/t9-,16?/m1/s1. The summed E-state index contributed by atoms with van der Waals surface area (Å²) in [6, 6.07) is 0.342. The van der Waals surface area contributed by atoms with E-state index in [9.17, 15) is 31.4 Å². The molecule has 2 aliphatic rings. The Morgan fingerprint density at radius 1 is 1.10 bits per heavy atom. The third-order valence-electron chi connectivity index (χ3n) is 5.76. The van der Waals surface area contributed by atoms with Crippen LogP contribution in [0.4, 0.5) is 37.8 Å². The van der Waals surface area contributed by atoms with Gasteiger partial charge < -0.3 is 20.2 Å². The van der Waals surface area contributed by atoms with Gasteiger partial charge in [0.15, 0.2) is 5.69 Å². The molecule has 4 bridgehead atoms. The zero-order valence-electron chi connectivity index (χ0n) is 16.1. The predicted octanol–water partition coefficient (Wildman–Crippen LogP) is 4.03. The molecule has 13 heteroatoms. The maximum absolute atomic E-state index is 13.7. The first-order chi connectivity index (χ1) is 14.4. The van der Waals surface area contributed by atoms with E-state index in [0.29, 0.717) is 31.9 Å². The van der Waals surface area contributed by atoms with Crippen molar-refractivity contribution in [3.05, 3.63) is 17.5 Å². The number of fused-ring (bicyclic) bond motifs is 7. The molecule has 0 saturated carbocycles. The summed E-state index contributed by atoms with van der Waals surface area (Å²) in [4.78, 5) is 5.53. The van der Waals surface area contributed by atoms with E-state index in [1.165, 1.54) is 4.90 Å². The summed E-state index contributed by atoms with van der Waals surface area (Å²) in [5.74, 6) is -2.07. The summed E-state index contributed by atoms with van der Waals surface area (Å²) in [5.41, 5.74) is 0.473. The van der Waals surface area contributed by atoms with Crippen LogP contribution in [0.3, 0.4) is 0 Å². The maximum Gasteiger partial charge on any atom is 0.426 e. The number of alkyl halides is 6. The fraction of sp³-hybridized carbons (Fsp3) is 0.611. The van der Waals surface area contributed by atoms with Crippen molar-refractivity contribution in [1.82, 2.24) is 15.2 Å². The Hall–Kier alpha value is -2.57. The number of nitrogens with two attached hydrogens (primary N) is 1. The van der Waals surface area contributed by atoms with Crippen LogP contribution in [0.5, 0.6) is 0 Å². The molecule has 0 aliphatic carbocycles. The fourth-order valence-electron chi connectivity index (χ4n) is 4.15. The van der Waals surface area contributed by atoms with Crippen molar-refractivity contribution in [1.29, 1.82) is 0 Å². The molecule has 2 aliphatic heterocycles. The number of hydrogen-bond acceptors (Lipinski definition) is 7. The monoisotopic (exact) mass is 451 g/mol. The van der Waals surface area contributed by atoms with Gasteiger partial charge >= 0.3 is 12.4 Å². The molecule has 2 atom stereocenters. The van der Waals surface area contributed by atoms with Crippen molar-refractivity contribution < 1.29 is 35.9 Å². The number of anilines is 2. The van der Waals surface area contributed by atoms with Crippen LogP contribution >= 0.6 is 0 Å². The summed E-state index contributed by atoms with van der Waals surface area (Å²) >= 11 is 0. The second-order valence-electron chi connectivity index (χ2n) is 7.80. The minimum atomic E-state index is -5.10. The highest BCUT2D eigenvalue weighted by molar-refractivity contribution is 5.71. The second-order valence-corrected chi connectivity index (χ2v) is 7.80. The normalized spacial score (nSPS) is 24.9. The lowest BCUT2D eigenvalue weighted by molar-refractivity contribution is -0.277. The van der Waals surface area contributed by atoms with E-state index in [0.717, 1.165) is 0 Å². The van der Waals surface area contributed by atoms with E-state index in [1.807, 2.05) is 0 Å². The van der Waals surface area contributed by atoms with E-state index >= 15 is 0 Å². The molecule has 4 heterocycles. The smallest absolute Gasteiger partial charge is 0.416 e. The van der Waals surface area contributed by atoms with Gasteiger partial charge in [-0.05, 0) is 38.2 Å². The zero-order valence-corrected chi connectivity index (χ0v) is 16.1. The SMILES string of the molecule is Nc1cc(C(F)(F)F)c2nc1-c1nnc(o1)C(O)(C(F)(F)F)CCCC[C@@H]1CCCN21. The summed E-state index contributed by atoms with van der Waals surface area (Å²) in [5, 5.41) is 17.2. The Labute approximate surface area is 172 Å². The number of pyridine rings is 1. The summed E-state index contributed by atoms with van der Waals surface area (Å²) in [6.45, 7) is 0.311. The Balaban J connectivity index is 1.91. The van der Waals surface area contributed by atoms with Gasteiger partial charge in [0.1, 0.15) is 11.4 Å². The Bertz CT molecular complexity index is 975. The van der Waals surface area contributed by atoms with Crippen molar-refractivity contribution in [2.45, 2.75) is 62.5 Å². The van der Waals surface area contributed by atoms with Crippen molar-refractivity contribution >= 4 is 11.5 Å². The van der Waals surface area contributed by atoms with Gasteiger partial charge in [0, 0.05) is 12.6 Å². The first kappa shape index (κ1) is 21.7. The molecule has 7 nitrogen and oxygen atoms in total. The predicted molar refractivity (Wildman–Crippen MR) is 95.7 cm³/mol. The van der Waals surface area contributed by atoms with E-state index in [1.54, 1.807) is 0 Å². The van der Waals surface area contributed by atoms with E-state index in [4.69, 9.17) is 10.2 Å². The number of nitrogens with zero attached hydrogens (tertiary/aromatic N) is 4. The van der Waals surface area contributed by atoms with Gasteiger partial charge in [-0.3, -0.25) is 0 Å². The molecule has 0 radical (unpaired) electrons. The number of aliphatic hydroxyl groups is 1. The first-order valence-corrected chi connectivity index (χ1v) is 9.69. The molecule has 4 rings (SSSR count). The number of halogens is 6.